The molecule has 30 heavy (non-hydrogen) atoms. The highest BCUT2D eigenvalue weighted by Gasteiger charge is 2.24. The van der Waals surface area contributed by atoms with Gasteiger partial charge in [0.1, 0.15) is 10.5 Å². The molecule has 0 aliphatic carbocycles. The van der Waals surface area contributed by atoms with Gasteiger partial charge in [-0.15, -0.1) is 11.3 Å². The van der Waals surface area contributed by atoms with Gasteiger partial charge in [-0.25, -0.2) is 9.37 Å². The summed E-state index contributed by atoms with van der Waals surface area (Å²) in [6.45, 7) is 2.88. The third kappa shape index (κ3) is 3.69. The van der Waals surface area contributed by atoms with E-state index in [1.165, 1.54) is 16.6 Å². The molecule has 1 aliphatic rings. The number of aryl methyl sites for hydroxylation is 1. The zero-order valence-corrected chi connectivity index (χ0v) is 19.0. The summed E-state index contributed by atoms with van der Waals surface area (Å²) in [6, 6.07) is 15.4. The fraction of sp³-hybridized carbons (Fsp3) is 0.130. The Balaban J connectivity index is 1.53. The summed E-state index contributed by atoms with van der Waals surface area (Å²) in [5.41, 5.74) is 3.31. The van der Waals surface area contributed by atoms with Gasteiger partial charge in [-0.1, -0.05) is 53.4 Å². The number of aromatic nitrogens is 2. The molecule has 0 atom stereocenters. The van der Waals surface area contributed by atoms with Crippen molar-refractivity contribution in [3.05, 3.63) is 91.4 Å². The van der Waals surface area contributed by atoms with E-state index in [4.69, 9.17) is 4.98 Å². The summed E-state index contributed by atoms with van der Waals surface area (Å²) in [5, 5.41) is 4.38. The Morgan fingerprint density at radius 2 is 2.00 bits per heavy atom. The predicted molar refractivity (Wildman–Crippen MR) is 124 cm³/mol. The smallest absolute Gasteiger partial charge is 0.264 e. The van der Waals surface area contributed by atoms with E-state index in [2.05, 4.69) is 51.4 Å². The first kappa shape index (κ1) is 19.5. The van der Waals surface area contributed by atoms with Gasteiger partial charge in [-0.05, 0) is 25.1 Å². The van der Waals surface area contributed by atoms with Crippen molar-refractivity contribution in [2.75, 3.05) is 11.9 Å². The number of benzene rings is 2. The molecule has 150 valence electrons. The normalized spacial score (nSPS) is 15.7. The minimum atomic E-state index is -0.202. The molecule has 0 fully saturated rings. The molecule has 0 N–H and O–H groups in total. The van der Waals surface area contributed by atoms with E-state index >= 15 is 0 Å². The number of anilines is 1. The second-order valence-electron chi connectivity index (χ2n) is 7.04. The van der Waals surface area contributed by atoms with Crippen molar-refractivity contribution < 1.29 is 8.96 Å². The SMILES string of the molecule is Cc1n/c(=C/c2scc[n+]2Cc2ccccc2)sc1=C1Sc2cc(F)ccc2N1C. The molecule has 5 rings (SSSR count). The summed E-state index contributed by atoms with van der Waals surface area (Å²) in [5.74, 6) is -0.202. The maximum Gasteiger partial charge on any atom is 0.264 e. The molecular formula is C23H19FN3S3+. The number of fused-ring (bicyclic) bond motifs is 1. The molecule has 1 aliphatic heterocycles. The molecule has 3 heterocycles. The van der Waals surface area contributed by atoms with Gasteiger partial charge in [-0.2, -0.15) is 4.57 Å². The van der Waals surface area contributed by atoms with Gasteiger partial charge in [0.2, 0.25) is 0 Å². The average Bonchev–Trinajstić information content (AvgIpc) is 3.41. The second-order valence-corrected chi connectivity index (χ2v) is 10.0. The molecule has 2 aromatic carbocycles. The highest BCUT2D eigenvalue weighted by Crippen LogP contribution is 2.45. The Morgan fingerprint density at radius 1 is 1.17 bits per heavy atom. The van der Waals surface area contributed by atoms with Crippen molar-refractivity contribution in [2.45, 2.75) is 18.4 Å². The monoisotopic (exact) mass is 452 g/mol. The summed E-state index contributed by atoms with van der Waals surface area (Å²) in [4.78, 5) is 7.89. The van der Waals surface area contributed by atoms with Crippen molar-refractivity contribution in [1.82, 2.24) is 4.98 Å². The molecule has 7 heteroatoms. The van der Waals surface area contributed by atoms with Crippen molar-refractivity contribution in [3.63, 3.8) is 0 Å². The fourth-order valence-corrected chi connectivity index (χ4v) is 6.71. The Labute approximate surface area is 186 Å². The van der Waals surface area contributed by atoms with Gasteiger partial charge in [0.25, 0.3) is 5.01 Å². The van der Waals surface area contributed by atoms with E-state index in [9.17, 15) is 4.39 Å². The Kier molecular flexibility index (Phi) is 5.18. The number of thiazole rings is 2. The van der Waals surface area contributed by atoms with Crippen LogP contribution < -0.4 is 18.7 Å². The van der Waals surface area contributed by atoms with Crippen LogP contribution in [0.4, 0.5) is 10.1 Å². The van der Waals surface area contributed by atoms with Crippen LogP contribution in [0.15, 0.2) is 65.0 Å². The van der Waals surface area contributed by atoms with Gasteiger partial charge >= 0.3 is 0 Å². The summed E-state index contributed by atoms with van der Waals surface area (Å²) >= 11 is 5.00. The lowest BCUT2D eigenvalue weighted by Crippen LogP contribution is -2.34. The van der Waals surface area contributed by atoms with Crippen LogP contribution in [-0.2, 0) is 6.54 Å². The van der Waals surface area contributed by atoms with Crippen LogP contribution in [0.1, 0.15) is 16.3 Å². The first-order valence-corrected chi connectivity index (χ1v) is 12.0. The van der Waals surface area contributed by atoms with Crippen molar-refractivity contribution >= 4 is 51.2 Å². The highest BCUT2D eigenvalue weighted by molar-refractivity contribution is 8.08. The summed E-state index contributed by atoms with van der Waals surface area (Å²) < 4.78 is 18.0. The molecule has 0 saturated heterocycles. The van der Waals surface area contributed by atoms with Crippen LogP contribution in [0.2, 0.25) is 0 Å². The molecular weight excluding hydrogens is 433 g/mol. The van der Waals surface area contributed by atoms with Crippen LogP contribution in [0, 0.1) is 12.7 Å². The molecule has 3 nitrogen and oxygen atoms in total. The molecule has 4 aromatic rings. The Bertz CT molecular complexity index is 1340. The van der Waals surface area contributed by atoms with E-state index in [0.29, 0.717) is 0 Å². The number of rotatable bonds is 3. The van der Waals surface area contributed by atoms with Crippen molar-refractivity contribution in [1.29, 1.82) is 0 Å². The number of hydrogen-bond donors (Lipinski definition) is 0. The molecule has 0 amide bonds. The standard InChI is InChI=1S/C23H19FN3S3/c1-15-22(23-26(2)18-9-8-17(24)12-19(18)29-23)30-20(25-15)13-21-27(10-11-28-21)14-16-6-4-3-5-7-16/h3-13H,14H2,1-2H3/q+1. The van der Waals surface area contributed by atoms with E-state index in [-0.39, 0.29) is 5.82 Å². The average molecular weight is 453 g/mol. The lowest BCUT2D eigenvalue weighted by atomic mass is 10.2. The van der Waals surface area contributed by atoms with Gasteiger partial charge in [0, 0.05) is 17.5 Å². The van der Waals surface area contributed by atoms with E-state index in [1.807, 2.05) is 26.1 Å². The van der Waals surface area contributed by atoms with Crippen LogP contribution in [0.25, 0.3) is 11.1 Å². The van der Waals surface area contributed by atoms with Crippen LogP contribution in [0.3, 0.4) is 0 Å². The number of halogens is 1. The van der Waals surface area contributed by atoms with Crippen LogP contribution >= 0.6 is 34.4 Å². The van der Waals surface area contributed by atoms with Gasteiger partial charge < -0.3 is 4.90 Å². The third-order valence-corrected chi connectivity index (χ3v) is 8.27. The highest BCUT2D eigenvalue weighted by atomic mass is 32.2. The summed E-state index contributed by atoms with van der Waals surface area (Å²) in [6.07, 6.45) is 4.27. The molecule has 0 radical (unpaired) electrons. The molecule has 0 spiro atoms. The lowest BCUT2D eigenvalue weighted by Gasteiger charge is -2.12. The van der Waals surface area contributed by atoms with E-state index < -0.39 is 0 Å². The molecule has 0 saturated carbocycles. The van der Waals surface area contributed by atoms with E-state index in [0.717, 1.165) is 37.0 Å². The third-order valence-electron chi connectivity index (χ3n) is 4.96. The van der Waals surface area contributed by atoms with Gasteiger partial charge in [0.05, 0.1) is 32.4 Å². The van der Waals surface area contributed by atoms with Crippen LogP contribution in [-0.4, -0.2) is 12.0 Å². The molecule has 2 aromatic heterocycles. The van der Waals surface area contributed by atoms with Crippen molar-refractivity contribution in [2.24, 2.45) is 0 Å². The lowest BCUT2D eigenvalue weighted by molar-refractivity contribution is -0.685. The second kappa shape index (κ2) is 7.98. The molecule has 0 bridgehead atoms. The fourth-order valence-electron chi connectivity index (χ4n) is 3.45. The minimum absolute atomic E-state index is 0.202. The van der Waals surface area contributed by atoms with Crippen LogP contribution in [0.5, 0.6) is 0 Å². The number of nitrogens with zero attached hydrogens (tertiary/aromatic N) is 3. The number of thioether (sulfide) groups is 1. The Morgan fingerprint density at radius 3 is 2.83 bits per heavy atom. The topological polar surface area (TPSA) is 20.0 Å². The van der Waals surface area contributed by atoms with Gasteiger partial charge in [0.15, 0.2) is 12.7 Å². The Hall–Kier alpha value is -2.48. The quantitative estimate of drug-likeness (QED) is 0.436. The maximum atomic E-state index is 13.7. The van der Waals surface area contributed by atoms with E-state index in [1.54, 1.807) is 40.5 Å². The molecule has 0 unspecified atom stereocenters. The minimum Gasteiger partial charge on any atom is -0.337 e. The zero-order chi connectivity index (χ0) is 20.7. The first-order valence-electron chi connectivity index (χ1n) is 9.50. The predicted octanol–water partition coefficient (Wildman–Crippen LogP) is 4.12. The maximum absolute atomic E-state index is 13.7. The number of hydrogen-bond acceptors (Lipinski definition) is 5. The van der Waals surface area contributed by atoms with Gasteiger partial charge in [-0.3, -0.25) is 0 Å². The first-order chi connectivity index (χ1) is 14.6. The zero-order valence-electron chi connectivity index (χ0n) is 16.5. The van der Waals surface area contributed by atoms with Crippen molar-refractivity contribution in [3.8, 4) is 0 Å². The largest absolute Gasteiger partial charge is 0.337 e. The summed E-state index contributed by atoms with van der Waals surface area (Å²) in [7, 11) is 2.03.